The van der Waals surface area contributed by atoms with Gasteiger partial charge in [-0.25, -0.2) is 4.79 Å². The second-order valence-electron chi connectivity index (χ2n) is 7.05. The van der Waals surface area contributed by atoms with Crippen LogP contribution in [-0.4, -0.2) is 63.6 Å². The van der Waals surface area contributed by atoms with Crippen molar-refractivity contribution in [3.05, 3.63) is 48.3 Å². The largest absolute Gasteiger partial charge is 0.450 e. The molecular formula is C21H25N7O2. The number of rotatable bonds is 5. The molecule has 0 saturated carbocycles. The number of anilines is 3. The Hall–Kier alpha value is -3.46. The van der Waals surface area contributed by atoms with Crippen molar-refractivity contribution >= 4 is 34.4 Å². The number of nitrogen functional groups attached to an aromatic ring is 1. The first-order valence-electron chi connectivity index (χ1n) is 10.0. The van der Waals surface area contributed by atoms with Gasteiger partial charge >= 0.3 is 6.09 Å². The first kappa shape index (κ1) is 19.8. The average Bonchev–Trinajstić information content (AvgIpc) is 2.74. The number of ether oxygens (including phenoxy) is 1. The highest BCUT2D eigenvalue weighted by Gasteiger charge is 2.22. The highest BCUT2D eigenvalue weighted by atomic mass is 16.6. The standard InChI is InChI=1S/C21H25N7O2/c1-2-30-21(29)28-12-10-27(11-13-28)14-18-24-19(22)26-20(25-18)23-17-9-5-7-15-6-3-4-8-16(15)17/h3-9H,2,10-14H2,1H3,(H3,22,23,24,25,26). The zero-order valence-corrected chi connectivity index (χ0v) is 16.9. The van der Waals surface area contributed by atoms with Crippen molar-refractivity contribution in [2.45, 2.75) is 13.5 Å². The molecule has 1 saturated heterocycles. The van der Waals surface area contributed by atoms with Gasteiger partial charge in [-0.05, 0) is 18.4 Å². The molecular weight excluding hydrogens is 382 g/mol. The molecule has 1 fully saturated rings. The molecule has 0 aliphatic carbocycles. The Balaban J connectivity index is 1.44. The van der Waals surface area contributed by atoms with E-state index in [1.807, 2.05) is 37.3 Å². The van der Waals surface area contributed by atoms with Crippen LogP contribution in [0.1, 0.15) is 12.7 Å². The van der Waals surface area contributed by atoms with Gasteiger partial charge in [0, 0.05) is 37.3 Å². The van der Waals surface area contributed by atoms with Gasteiger partial charge in [0.2, 0.25) is 11.9 Å². The predicted octanol–water partition coefficient (Wildman–Crippen LogP) is 2.62. The second kappa shape index (κ2) is 8.91. The monoisotopic (exact) mass is 407 g/mol. The Bertz CT molecular complexity index is 1030. The number of nitrogens with zero attached hydrogens (tertiary/aromatic N) is 5. The van der Waals surface area contributed by atoms with Crippen LogP contribution in [0.5, 0.6) is 0 Å². The summed E-state index contributed by atoms with van der Waals surface area (Å²) in [6, 6.07) is 14.1. The molecule has 1 aliphatic rings. The lowest BCUT2D eigenvalue weighted by molar-refractivity contribution is 0.0772. The number of carbonyl (C=O) groups excluding carboxylic acids is 1. The Morgan fingerprint density at radius 3 is 2.63 bits per heavy atom. The summed E-state index contributed by atoms with van der Waals surface area (Å²) in [4.78, 5) is 28.8. The lowest BCUT2D eigenvalue weighted by Crippen LogP contribution is -2.48. The van der Waals surface area contributed by atoms with E-state index in [-0.39, 0.29) is 12.0 Å². The quantitative estimate of drug-likeness (QED) is 0.664. The summed E-state index contributed by atoms with van der Waals surface area (Å²) >= 11 is 0. The van der Waals surface area contributed by atoms with Gasteiger partial charge in [0.05, 0.1) is 13.2 Å². The van der Waals surface area contributed by atoms with Crippen LogP contribution in [0.4, 0.5) is 22.4 Å². The van der Waals surface area contributed by atoms with Gasteiger partial charge in [0.25, 0.3) is 0 Å². The number of nitrogens with two attached hydrogens (primary N) is 1. The summed E-state index contributed by atoms with van der Waals surface area (Å²) in [5.74, 6) is 1.18. The van der Waals surface area contributed by atoms with Gasteiger partial charge in [0.1, 0.15) is 5.82 Å². The Kier molecular flexibility index (Phi) is 5.89. The number of aromatic nitrogens is 3. The lowest BCUT2D eigenvalue weighted by atomic mass is 10.1. The molecule has 156 valence electrons. The summed E-state index contributed by atoms with van der Waals surface area (Å²) in [5, 5.41) is 5.48. The molecule has 9 nitrogen and oxygen atoms in total. The van der Waals surface area contributed by atoms with Crippen LogP contribution >= 0.6 is 0 Å². The zero-order chi connectivity index (χ0) is 20.9. The summed E-state index contributed by atoms with van der Waals surface area (Å²) in [6.07, 6.45) is -0.261. The fourth-order valence-electron chi connectivity index (χ4n) is 3.52. The first-order chi connectivity index (χ1) is 14.6. The lowest BCUT2D eigenvalue weighted by Gasteiger charge is -2.33. The summed E-state index contributed by atoms with van der Waals surface area (Å²) < 4.78 is 5.06. The van der Waals surface area contributed by atoms with Crippen LogP contribution in [0.25, 0.3) is 10.8 Å². The molecule has 3 aromatic rings. The number of nitrogens with one attached hydrogen (secondary N) is 1. The van der Waals surface area contributed by atoms with Crippen LogP contribution in [-0.2, 0) is 11.3 Å². The number of fused-ring (bicyclic) bond motifs is 1. The number of hydrogen-bond acceptors (Lipinski definition) is 8. The highest BCUT2D eigenvalue weighted by Crippen LogP contribution is 2.25. The van der Waals surface area contributed by atoms with Gasteiger partial charge in [-0.1, -0.05) is 36.4 Å². The van der Waals surface area contributed by atoms with Gasteiger partial charge in [-0.3, -0.25) is 4.90 Å². The molecule has 3 N–H and O–H groups in total. The maximum atomic E-state index is 11.8. The highest BCUT2D eigenvalue weighted by molar-refractivity contribution is 5.94. The second-order valence-corrected chi connectivity index (χ2v) is 7.05. The first-order valence-corrected chi connectivity index (χ1v) is 10.0. The topological polar surface area (TPSA) is 110 Å². The van der Waals surface area contributed by atoms with E-state index in [2.05, 4.69) is 37.3 Å². The van der Waals surface area contributed by atoms with Crippen molar-refractivity contribution < 1.29 is 9.53 Å². The maximum absolute atomic E-state index is 11.8. The van der Waals surface area contributed by atoms with Crippen LogP contribution in [0.3, 0.4) is 0 Å². The van der Waals surface area contributed by atoms with E-state index < -0.39 is 0 Å². The maximum Gasteiger partial charge on any atom is 0.409 e. The van der Waals surface area contributed by atoms with Crippen LogP contribution in [0, 0.1) is 0 Å². The molecule has 0 unspecified atom stereocenters. The number of benzene rings is 2. The van der Waals surface area contributed by atoms with Gasteiger partial charge < -0.3 is 20.7 Å². The normalized spacial score (nSPS) is 14.6. The molecule has 30 heavy (non-hydrogen) atoms. The van der Waals surface area contributed by atoms with E-state index in [0.717, 1.165) is 29.5 Å². The minimum atomic E-state index is -0.261. The van der Waals surface area contributed by atoms with Crippen molar-refractivity contribution in [1.82, 2.24) is 24.8 Å². The van der Waals surface area contributed by atoms with Crippen molar-refractivity contribution in [1.29, 1.82) is 0 Å². The van der Waals surface area contributed by atoms with E-state index >= 15 is 0 Å². The third-order valence-corrected chi connectivity index (χ3v) is 5.00. The van der Waals surface area contributed by atoms with Crippen LogP contribution < -0.4 is 11.1 Å². The number of amides is 1. The molecule has 0 spiro atoms. The Morgan fingerprint density at radius 2 is 1.83 bits per heavy atom. The van der Waals surface area contributed by atoms with E-state index in [0.29, 0.717) is 38.0 Å². The minimum Gasteiger partial charge on any atom is -0.450 e. The summed E-state index contributed by atoms with van der Waals surface area (Å²) in [6.45, 7) is 5.39. The zero-order valence-electron chi connectivity index (χ0n) is 16.9. The molecule has 0 atom stereocenters. The minimum absolute atomic E-state index is 0.174. The fourth-order valence-corrected chi connectivity index (χ4v) is 3.52. The van der Waals surface area contributed by atoms with Gasteiger partial charge in [-0.2, -0.15) is 15.0 Å². The number of carbonyl (C=O) groups is 1. The van der Waals surface area contributed by atoms with Gasteiger partial charge in [0.15, 0.2) is 0 Å². The molecule has 0 bridgehead atoms. The van der Waals surface area contributed by atoms with Gasteiger partial charge in [-0.15, -0.1) is 0 Å². The Morgan fingerprint density at radius 1 is 1.07 bits per heavy atom. The van der Waals surface area contributed by atoms with E-state index in [1.165, 1.54) is 0 Å². The molecule has 0 radical (unpaired) electrons. The molecule has 2 aromatic carbocycles. The van der Waals surface area contributed by atoms with Crippen molar-refractivity contribution in [3.8, 4) is 0 Å². The van der Waals surface area contributed by atoms with E-state index in [4.69, 9.17) is 10.5 Å². The number of piperazine rings is 1. The third kappa shape index (κ3) is 4.57. The molecule has 9 heteroatoms. The molecule has 1 aliphatic heterocycles. The van der Waals surface area contributed by atoms with Crippen LogP contribution in [0.2, 0.25) is 0 Å². The summed E-state index contributed by atoms with van der Waals surface area (Å²) in [5.41, 5.74) is 6.85. The van der Waals surface area contributed by atoms with Crippen LogP contribution in [0.15, 0.2) is 42.5 Å². The SMILES string of the molecule is CCOC(=O)N1CCN(Cc2nc(N)nc(Nc3cccc4ccccc34)n2)CC1. The van der Waals surface area contributed by atoms with E-state index in [9.17, 15) is 4.79 Å². The van der Waals surface area contributed by atoms with E-state index in [1.54, 1.807) is 4.90 Å². The van der Waals surface area contributed by atoms with Crippen molar-refractivity contribution in [3.63, 3.8) is 0 Å². The average molecular weight is 407 g/mol. The molecule has 1 amide bonds. The third-order valence-electron chi connectivity index (χ3n) is 5.00. The Labute approximate surface area is 174 Å². The number of hydrogen-bond donors (Lipinski definition) is 2. The summed E-state index contributed by atoms with van der Waals surface area (Å²) in [7, 11) is 0. The molecule has 1 aromatic heterocycles. The van der Waals surface area contributed by atoms with Crippen molar-refractivity contribution in [2.24, 2.45) is 0 Å². The van der Waals surface area contributed by atoms with Crippen molar-refractivity contribution in [2.75, 3.05) is 43.8 Å². The molecule has 2 heterocycles. The predicted molar refractivity (Wildman–Crippen MR) is 115 cm³/mol. The smallest absolute Gasteiger partial charge is 0.409 e. The fraction of sp³-hybridized carbons (Fsp3) is 0.333. The molecule has 4 rings (SSSR count).